The Morgan fingerprint density at radius 3 is 1.38 bits per heavy atom. The number of rotatable bonds is 6. The van der Waals surface area contributed by atoms with Crippen molar-refractivity contribution in [3.05, 3.63) is 59.7 Å². The zero-order chi connectivity index (χ0) is 15.3. The number of benzene rings is 2. The Bertz CT molecular complexity index is 561. The molecule has 0 saturated carbocycles. The Morgan fingerprint density at radius 1 is 0.762 bits per heavy atom. The molecule has 0 aromatic heterocycles. The van der Waals surface area contributed by atoms with Crippen LogP contribution in [0.1, 0.15) is 37.8 Å². The highest BCUT2D eigenvalue weighted by Crippen LogP contribution is 2.38. The quantitative estimate of drug-likeness (QED) is 0.824. The second kappa shape index (κ2) is 7.06. The highest BCUT2D eigenvalue weighted by molar-refractivity contribution is 7.73. The van der Waals surface area contributed by atoms with Crippen LogP contribution in [-0.4, -0.2) is 4.89 Å². The minimum absolute atomic E-state index is 0.505. The smallest absolute Gasteiger partial charge is 0.258 e. The monoisotopic (exact) mass is 302 g/mol. The molecule has 0 aliphatic heterocycles. The zero-order valence-electron chi connectivity index (χ0n) is 12.7. The van der Waals surface area contributed by atoms with Crippen LogP contribution < -0.4 is 10.6 Å². The fraction of sp³-hybridized carbons (Fsp3) is 0.333. The van der Waals surface area contributed by atoms with Gasteiger partial charge in [-0.3, -0.25) is 4.57 Å². The van der Waals surface area contributed by atoms with Gasteiger partial charge in [-0.15, -0.1) is 0 Å². The second-order valence-corrected chi connectivity index (χ2v) is 7.59. The van der Waals surface area contributed by atoms with Gasteiger partial charge in [0, 0.05) is 10.6 Å². The molecule has 0 unspecified atom stereocenters. The van der Waals surface area contributed by atoms with Gasteiger partial charge in [-0.2, -0.15) is 0 Å². The lowest BCUT2D eigenvalue weighted by molar-refractivity contribution is 0.501. The van der Waals surface area contributed by atoms with Gasteiger partial charge in [0.25, 0.3) is 7.37 Å². The summed E-state index contributed by atoms with van der Waals surface area (Å²) < 4.78 is 12.7. The summed E-state index contributed by atoms with van der Waals surface area (Å²) in [6.07, 6.45) is 4.16. The molecule has 0 amide bonds. The van der Waals surface area contributed by atoms with Crippen molar-refractivity contribution in [3.63, 3.8) is 0 Å². The van der Waals surface area contributed by atoms with Gasteiger partial charge in [-0.25, -0.2) is 0 Å². The van der Waals surface area contributed by atoms with Gasteiger partial charge in [0.15, 0.2) is 0 Å². The van der Waals surface area contributed by atoms with Crippen molar-refractivity contribution in [3.8, 4) is 0 Å². The van der Waals surface area contributed by atoms with Crippen LogP contribution in [-0.2, 0) is 17.4 Å². The van der Waals surface area contributed by atoms with E-state index in [2.05, 4.69) is 13.8 Å². The molecule has 0 fully saturated rings. The van der Waals surface area contributed by atoms with E-state index in [1.165, 1.54) is 11.1 Å². The first-order valence-electron chi connectivity index (χ1n) is 7.59. The normalized spacial score (nSPS) is 11.6. The summed E-state index contributed by atoms with van der Waals surface area (Å²) in [5.41, 5.74) is 2.42. The van der Waals surface area contributed by atoms with Crippen molar-refractivity contribution in [2.45, 2.75) is 39.5 Å². The van der Waals surface area contributed by atoms with Crippen LogP contribution in [0.25, 0.3) is 0 Å². The molecule has 112 valence electrons. The highest BCUT2D eigenvalue weighted by atomic mass is 31.2. The summed E-state index contributed by atoms with van der Waals surface area (Å²) in [6.45, 7) is 4.26. The van der Waals surface area contributed by atoms with Crippen molar-refractivity contribution >= 4 is 18.0 Å². The maximum Gasteiger partial charge on any atom is 0.258 e. The molecule has 1 N–H and O–H groups in total. The van der Waals surface area contributed by atoms with Gasteiger partial charge in [0.2, 0.25) is 0 Å². The fourth-order valence-corrected chi connectivity index (χ4v) is 3.86. The Morgan fingerprint density at radius 2 is 1.10 bits per heavy atom. The number of hydrogen-bond donors (Lipinski definition) is 1. The van der Waals surface area contributed by atoms with Gasteiger partial charge in [0.1, 0.15) is 0 Å². The lowest BCUT2D eigenvalue weighted by atomic mass is 10.1. The van der Waals surface area contributed by atoms with Crippen molar-refractivity contribution in [2.24, 2.45) is 0 Å². The van der Waals surface area contributed by atoms with Gasteiger partial charge >= 0.3 is 0 Å². The van der Waals surface area contributed by atoms with Crippen LogP contribution >= 0.6 is 7.37 Å². The molecule has 0 bridgehead atoms. The third kappa shape index (κ3) is 3.84. The fourth-order valence-electron chi connectivity index (χ4n) is 2.46. The summed E-state index contributed by atoms with van der Waals surface area (Å²) in [4.78, 5) is 10.5. The van der Waals surface area contributed by atoms with E-state index in [1.54, 1.807) is 24.3 Å². The molecule has 0 atom stereocenters. The van der Waals surface area contributed by atoms with E-state index in [1.807, 2.05) is 24.3 Å². The topological polar surface area (TPSA) is 37.3 Å². The van der Waals surface area contributed by atoms with Crippen LogP contribution in [0.2, 0.25) is 0 Å². The van der Waals surface area contributed by atoms with Crippen LogP contribution in [0, 0.1) is 0 Å². The minimum atomic E-state index is -3.47. The van der Waals surface area contributed by atoms with Crippen LogP contribution in [0.15, 0.2) is 48.5 Å². The predicted octanol–water partition coefficient (Wildman–Crippen LogP) is 3.81. The minimum Gasteiger partial charge on any atom is -0.338 e. The molecule has 0 aliphatic rings. The molecule has 0 radical (unpaired) electrons. The SMILES string of the molecule is CCCc1ccc(P(=O)(O)c2ccc(CCC)cc2)cc1. The first-order chi connectivity index (χ1) is 10.1. The van der Waals surface area contributed by atoms with Crippen molar-refractivity contribution in [2.75, 3.05) is 0 Å². The molecule has 2 aromatic carbocycles. The zero-order valence-corrected chi connectivity index (χ0v) is 13.6. The molecule has 2 rings (SSSR count). The first kappa shape index (κ1) is 16.0. The average molecular weight is 302 g/mol. The molecule has 0 aliphatic carbocycles. The third-order valence-corrected chi connectivity index (χ3v) is 5.65. The van der Waals surface area contributed by atoms with E-state index in [9.17, 15) is 9.46 Å². The maximum atomic E-state index is 12.7. The summed E-state index contributed by atoms with van der Waals surface area (Å²) in [6, 6.07) is 14.9. The summed E-state index contributed by atoms with van der Waals surface area (Å²) >= 11 is 0. The number of aryl methyl sites for hydroxylation is 2. The van der Waals surface area contributed by atoms with E-state index in [-0.39, 0.29) is 0 Å². The van der Waals surface area contributed by atoms with Crippen molar-refractivity contribution < 1.29 is 9.46 Å². The van der Waals surface area contributed by atoms with Crippen LogP contribution in [0.4, 0.5) is 0 Å². The Labute approximate surface area is 127 Å². The predicted molar refractivity (Wildman–Crippen MR) is 90.0 cm³/mol. The Kier molecular flexibility index (Phi) is 5.39. The molecule has 0 spiro atoms. The summed E-state index contributed by atoms with van der Waals surface area (Å²) in [5, 5.41) is 1.01. The molecule has 21 heavy (non-hydrogen) atoms. The van der Waals surface area contributed by atoms with Crippen LogP contribution in [0.5, 0.6) is 0 Å². The molecule has 0 heterocycles. The molecule has 0 saturated heterocycles. The van der Waals surface area contributed by atoms with Crippen LogP contribution in [0.3, 0.4) is 0 Å². The lowest BCUT2D eigenvalue weighted by Gasteiger charge is -2.13. The molecular weight excluding hydrogens is 279 g/mol. The standard InChI is InChI=1S/C18H23O2P/c1-3-5-15-7-11-17(12-8-15)21(19,20)18-13-9-16(6-4-2)10-14-18/h7-14H,3-6H2,1-2H3,(H,19,20). The van der Waals surface area contributed by atoms with E-state index in [0.29, 0.717) is 10.6 Å². The highest BCUT2D eigenvalue weighted by Gasteiger charge is 2.23. The molecule has 2 nitrogen and oxygen atoms in total. The van der Waals surface area contributed by atoms with Gasteiger partial charge in [-0.05, 0) is 48.2 Å². The van der Waals surface area contributed by atoms with E-state index >= 15 is 0 Å². The molecular formula is C18H23O2P. The van der Waals surface area contributed by atoms with Crippen molar-refractivity contribution in [1.29, 1.82) is 0 Å². The Balaban J connectivity index is 2.25. The third-order valence-electron chi connectivity index (χ3n) is 3.65. The largest absolute Gasteiger partial charge is 0.338 e. The van der Waals surface area contributed by atoms with E-state index in [0.717, 1.165) is 25.7 Å². The summed E-state index contributed by atoms with van der Waals surface area (Å²) in [5.74, 6) is 0. The van der Waals surface area contributed by atoms with E-state index in [4.69, 9.17) is 0 Å². The maximum absolute atomic E-state index is 12.7. The Hall–Kier alpha value is -1.37. The molecule has 3 heteroatoms. The van der Waals surface area contributed by atoms with Gasteiger partial charge in [-0.1, -0.05) is 51.0 Å². The van der Waals surface area contributed by atoms with E-state index < -0.39 is 7.37 Å². The van der Waals surface area contributed by atoms with Gasteiger partial charge < -0.3 is 4.89 Å². The lowest BCUT2D eigenvalue weighted by Crippen LogP contribution is -2.15. The average Bonchev–Trinajstić information content (AvgIpc) is 2.49. The first-order valence-corrected chi connectivity index (χ1v) is 9.25. The van der Waals surface area contributed by atoms with Crippen molar-refractivity contribution in [1.82, 2.24) is 0 Å². The summed E-state index contributed by atoms with van der Waals surface area (Å²) in [7, 11) is -3.47. The van der Waals surface area contributed by atoms with Gasteiger partial charge in [0.05, 0.1) is 0 Å². The molecule has 2 aromatic rings. The number of hydrogen-bond acceptors (Lipinski definition) is 1. The second-order valence-electron chi connectivity index (χ2n) is 5.41.